The minimum Gasteiger partial charge on any atom is -0.294 e. The zero-order valence-electron chi connectivity index (χ0n) is 14.9. The van der Waals surface area contributed by atoms with Gasteiger partial charge in [0, 0.05) is 18.9 Å². The smallest absolute Gasteiger partial charge is 0.293 e. The van der Waals surface area contributed by atoms with Crippen molar-refractivity contribution in [2.75, 3.05) is 12.3 Å². The first-order valence-electron chi connectivity index (χ1n) is 8.99. The van der Waals surface area contributed by atoms with Crippen molar-refractivity contribution >= 4 is 40.3 Å². The number of hydrogen-bond donors (Lipinski definition) is 0. The Balaban J connectivity index is 1.43. The summed E-state index contributed by atoms with van der Waals surface area (Å²) in [6.07, 6.45) is 10.4. The first-order valence-corrected chi connectivity index (χ1v) is 10.8. The number of fused-ring (bicyclic) bond motifs is 1. The minimum absolute atomic E-state index is 0.119. The third-order valence-corrected chi connectivity index (χ3v) is 6.26. The molecule has 0 spiro atoms. The minimum atomic E-state index is -0.131. The molecular formula is C19H23N3O2S2. The average Bonchev–Trinajstić information content (AvgIpc) is 3.22. The van der Waals surface area contributed by atoms with E-state index in [-0.39, 0.29) is 11.1 Å². The summed E-state index contributed by atoms with van der Waals surface area (Å²) < 4.78 is 2.07. The lowest BCUT2D eigenvalue weighted by atomic mass is 10.2. The van der Waals surface area contributed by atoms with E-state index < -0.39 is 0 Å². The lowest BCUT2D eigenvalue weighted by Gasteiger charge is -2.12. The molecule has 3 rings (SSSR count). The fourth-order valence-electron chi connectivity index (χ4n) is 2.76. The second-order valence-corrected chi connectivity index (χ2v) is 8.22. The van der Waals surface area contributed by atoms with E-state index in [4.69, 9.17) is 0 Å². The average molecular weight is 390 g/mol. The zero-order valence-corrected chi connectivity index (χ0v) is 16.5. The Hall–Kier alpha value is -1.73. The number of unbranched alkanes of at least 4 members (excludes halogenated alkanes) is 3. The highest BCUT2D eigenvalue weighted by molar-refractivity contribution is 8.18. The number of carbonyl (C=O) groups is 2. The molecule has 1 aliphatic heterocycles. The van der Waals surface area contributed by atoms with Crippen molar-refractivity contribution in [2.45, 2.75) is 44.1 Å². The number of carbonyl (C=O) groups excluding carboxylic acids is 2. The summed E-state index contributed by atoms with van der Waals surface area (Å²) in [6, 6.07) is 6.07. The number of hydrogen-bond acceptors (Lipinski definition) is 5. The number of amides is 2. The van der Waals surface area contributed by atoms with Gasteiger partial charge in [-0.05, 0) is 48.9 Å². The number of thioether (sulfide) groups is 2. The molecule has 0 bridgehead atoms. The quantitative estimate of drug-likeness (QED) is 0.344. The fourth-order valence-corrected chi connectivity index (χ4v) is 4.65. The molecule has 0 saturated carbocycles. The van der Waals surface area contributed by atoms with Crippen molar-refractivity contribution in [3.63, 3.8) is 0 Å². The van der Waals surface area contributed by atoms with Crippen molar-refractivity contribution in [3.8, 4) is 0 Å². The molecule has 2 amide bonds. The lowest BCUT2D eigenvalue weighted by molar-refractivity contribution is -0.122. The van der Waals surface area contributed by atoms with Gasteiger partial charge in [0.05, 0.1) is 9.93 Å². The Morgan fingerprint density at radius 3 is 2.96 bits per heavy atom. The highest BCUT2D eigenvalue weighted by Gasteiger charge is 2.34. The number of pyridine rings is 1. The van der Waals surface area contributed by atoms with Crippen molar-refractivity contribution in [1.82, 2.24) is 14.3 Å². The molecule has 2 aromatic heterocycles. The van der Waals surface area contributed by atoms with Crippen molar-refractivity contribution < 1.29 is 9.59 Å². The molecule has 0 unspecified atom stereocenters. The van der Waals surface area contributed by atoms with Gasteiger partial charge in [0.1, 0.15) is 5.65 Å². The molecule has 0 aromatic carbocycles. The summed E-state index contributed by atoms with van der Waals surface area (Å²) in [4.78, 5) is 30.6. The van der Waals surface area contributed by atoms with Gasteiger partial charge in [-0.25, -0.2) is 4.98 Å². The maximum Gasteiger partial charge on any atom is 0.293 e. The highest BCUT2D eigenvalue weighted by Crippen LogP contribution is 2.31. The zero-order chi connectivity index (χ0) is 18.4. The van der Waals surface area contributed by atoms with Crippen LogP contribution in [0.4, 0.5) is 4.79 Å². The maximum atomic E-state index is 12.3. The van der Waals surface area contributed by atoms with Crippen molar-refractivity contribution in [2.24, 2.45) is 0 Å². The number of imidazole rings is 1. The highest BCUT2D eigenvalue weighted by atomic mass is 32.2. The van der Waals surface area contributed by atoms with Crippen LogP contribution in [0.1, 0.15) is 39.0 Å². The van der Waals surface area contributed by atoms with Gasteiger partial charge in [0.25, 0.3) is 11.1 Å². The van der Waals surface area contributed by atoms with Crippen molar-refractivity contribution in [3.05, 3.63) is 41.6 Å². The molecule has 0 atom stereocenters. The molecule has 3 heterocycles. The molecule has 1 fully saturated rings. The van der Waals surface area contributed by atoms with Crippen LogP contribution in [0.5, 0.6) is 0 Å². The van der Waals surface area contributed by atoms with E-state index >= 15 is 0 Å². The summed E-state index contributed by atoms with van der Waals surface area (Å²) in [5, 5.41) is 1.03. The van der Waals surface area contributed by atoms with Crippen LogP contribution in [0.15, 0.2) is 46.6 Å². The van der Waals surface area contributed by atoms with Gasteiger partial charge in [-0.3, -0.25) is 18.9 Å². The molecule has 138 valence electrons. The molecular weight excluding hydrogens is 366 g/mol. The summed E-state index contributed by atoms with van der Waals surface area (Å²) in [5.41, 5.74) is 0.947. The lowest BCUT2D eigenvalue weighted by Crippen LogP contribution is -2.29. The normalized spacial score (nSPS) is 16.3. The third kappa shape index (κ3) is 4.51. The fraction of sp³-hybridized carbons (Fsp3) is 0.421. The van der Waals surface area contributed by atoms with Gasteiger partial charge < -0.3 is 0 Å². The monoisotopic (exact) mass is 389 g/mol. The Kier molecular flexibility index (Phi) is 6.80. The summed E-state index contributed by atoms with van der Waals surface area (Å²) in [5.74, 6) is 0.826. The first-order chi connectivity index (χ1) is 12.7. The van der Waals surface area contributed by atoms with E-state index in [1.807, 2.05) is 24.4 Å². The van der Waals surface area contributed by atoms with E-state index in [9.17, 15) is 9.59 Å². The second kappa shape index (κ2) is 9.28. The van der Waals surface area contributed by atoms with Gasteiger partial charge in [-0.15, -0.1) is 11.8 Å². The summed E-state index contributed by atoms with van der Waals surface area (Å²) >= 11 is 2.85. The number of allylic oxidation sites excluding steroid dienone is 1. The molecule has 7 heteroatoms. The van der Waals surface area contributed by atoms with Gasteiger partial charge in [-0.2, -0.15) is 0 Å². The topological polar surface area (TPSA) is 54.7 Å². The van der Waals surface area contributed by atoms with Crippen LogP contribution in [0.3, 0.4) is 0 Å². The molecule has 1 saturated heterocycles. The SMILES string of the molecule is CCCCC=C1SC(=O)N(CCCCSc2cccc3nccn23)C1=O. The molecule has 1 aliphatic rings. The molecule has 0 radical (unpaired) electrons. The van der Waals surface area contributed by atoms with Crippen LogP contribution in [0.25, 0.3) is 5.65 Å². The van der Waals surface area contributed by atoms with Crippen LogP contribution in [-0.4, -0.2) is 37.7 Å². The number of aromatic nitrogens is 2. The Morgan fingerprint density at radius 1 is 1.23 bits per heavy atom. The Bertz CT molecular complexity index is 816. The van der Waals surface area contributed by atoms with Gasteiger partial charge >= 0.3 is 0 Å². The van der Waals surface area contributed by atoms with Crippen LogP contribution in [-0.2, 0) is 4.79 Å². The first kappa shape index (κ1) is 19.0. The van der Waals surface area contributed by atoms with E-state index in [1.165, 1.54) is 4.90 Å². The number of imide groups is 1. The van der Waals surface area contributed by atoms with Crippen LogP contribution in [0.2, 0.25) is 0 Å². The second-order valence-electron chi connectivity index (χ2n) is 6.11. The predicted octanol–water partition coefficient (Wildman–Crippen LogP) is 4.98. The Morgan fingerprint density at radius 2 is 2.12 bits per heavy atom. The van der Waals surface area contributed by atoms with E-state index in [1.54, 1.807) is 18.0 Å². The van der Waals surface area contributed by atoms with Crippen LogP contribution < -0.4 is 0 Å². The molecule has 5 nitrogen and oxygen atoms in total. The predicted molar refractivity (Wildman–Crippen MR) is 107 cm³/mol. The standard InChI is InChI=1S/C19H23N3O2S2/c1-2-3-4-8-15-18(23)22(19(24)26-15)12-5-6-14-25-17-10-7-9-16-20-11-13-21(16)17/h7-11,13H,2-6,12,14H2,1H3. The van der Waals surface area contributed by atoms with Gasteiger partial charge in [-0.1, -0.05) is 31.9 Å². The third-order valence-electron chi connectivity index (χ3n) is 4.18. The van der Waals surface area contributed by atoms with Crippen molar-refractivity contribution in [1.29, 1.82) is 0 Å². The number of nitrogens with zero attached hydrogens (tertiary/aromatic N) is 3. The van der Waals surface area contributed by atoms with E-state index in [2.05, 4.69) is 22.4 Å². The van der Waals surface area contributed by atoms with Gasteiger partial charge in [0.2, 0.25) is 0 Å². The van der Waals surface area contributed by atoms with Crippen LogP contribution >= 0.6 is 23.5 Å². The van der Waals surface area contributed by atoms with Gasteiger partial charge in [0.15, 0.2) is 0 Å². The molecule has 2 aromatic rings. The molecule has 26 heavy (non-hydrogen) atoms. The number of rotatable bonds is 9. The Labute approximate surface area is 162 Å². The van der Waals surface area contributed by atoms with Crippen LogP contribution in [0, 0.1) is 0 Å². The maximum absolute atomic E-state index is 12.3. The summed E-state index contributed by atoms with van der Waals surface area (Å²) in [6.45, 7) is 2.62. The van der Waals surface area contributed by atoms with E-state index in [0.717, 1.165) is 60.3 Å². The molecule has 0 aliphatic carbocycles. The van der Waals surface area contributed by atoms with E-state index in [0.29, 0.717) is 11.4 Å². The summed E-state index contributed by atoms with van der Waals surface area (Å²) in [7, 11) is 0. The largest absolute Gasteiger partial charge is 0.294 e. The molecule has 0 N–H and O–H groups in total.